The van der Waals surface area contributed by atoms with Gasteiger partial charge in [-0.3, -0.25) is 4.57 Å². The van der Waals surface area contributed by atoms with Gasteiger partial charge in [0.15, 0.2) is 5.16 Å². The van der Waals surface area contributed by atoms with E-state index in [1.807, 2.05) is 17.6 Å². The van der Waals surface area contributed by atoms with Gasteiger partial charge in [-0.2, -0.15) is 0 Å². The lowest BCUT2D eigenvalue weighted by Gasteiger charge is -2.10. The van der Waals surface area contributed by atoms with Crippen molar-refractivity contribution in [1.29, 1.82) is 0 Å². The predicted molar refractivity (Wildman–Crippen MR) is 91.5 cm³/mol. The lowest BCUT2D eigenvalue weighted by Crippen LogP contribution is -2.00. The van der Waals surface area contributed by atoms with E-state index in [0.717, 1.165) is 22.2 Å². The smallest absolute Gasteiger partial charge is 0.196 e. The average Bonchev–Trinajstić information content (AvgIpc) is 2.89. The van der Waals surface area contributed by atoms with Gasteiger partial charge < -0.3 is 0 Å². The molecule has 118 valence electrons. The van der Waals surface area contributed by atoms with Crippen LogP contribution in [0, 0.1) is 26.6 Å². The topological polar surface area (TPSA) is 30.7 Å². The van der Waals surface area contributed by atoms with Crippen LogP contribution in [-0.2, 0) is 5.75 Å². The predicted octanol–water partition coefficient (Wildman–Crippen LogP) is 4.62. The quantitative estimate of drug-likeness (QED) is 0.655. The molecule has 0 saturated heterocycles. The summed E-state index contributed by atoms with van der Waals surface area (Å²) in [6.45, 7) is 6.13. The molecule has 3 aromatic rings. The summed E-state index contributed by atoms with van der Waals surface area (Å²) >= 11 is 1.56. The maximum absolute atomic E-state index is 13.3. The minimum atomic E-state index is -0.213. The molecule has 3 rings (SSSR count). The fourth-order valence-electron chi connectivity index (χ4n) is 2.37. The molecule has 0 aliphatic heterocycles. The van der Waals surface area contributed by atoms with Gasteiger partial charge in [-0.25, -0.2) is 4.39 Å². The standard InChI is InChI=1S/C18H18FN3S/c1-12-7-8-17(9-13(12)2)22-14(3)20-21-18(22)23-11-15-5-4-6-16(19)10-15/h4-10H,11H2,1-3H3. The second-order valence-electron chi connectivity index (χ2n) is 5.55. The lowest BCUT2D eigenvalue weighted by atomic mass is 10.1. The van der Waals surface area contributed by atoms with Gasteiger partial charge in [0.1, 0.15) is 11.6 Å². The van der Waals surface area contributed by atoms with E-state index in [2.05, 4.69) is 42.2 Å². The molecule has 2 aromatic carbocycles. The highest BCUT2D eigenvalue weighted by atomic mass is 32.2. The highest BCUT2D eigenvalue weighted by Crippen LogP contribution is 2.26. The van der Waals surface area contributed by atoms with Crippen LogP contribution < -0.4 is 0 Å². The highest BCUT2D eigenvalue weighted by molar-refractivity contribution is 7.98. The summed E-state index contributed by atoms with van der Waals surface area (Å²) in [4.78, 5) is 0. The largest absolute Gasteiger partial charge is 0.274 e. The second kappa shape index (κ2) is 6.54. The van der Waals surface area contributed by atoms with Crippen LogP contribution in [-0.4, -0.2) is 14.8 Å². The fourth-order valence-corrected chi connectivity index (χ4v) is 3.31. The van der Waals surface area contributed by atoms with Crippen LogP contribution in [0.3, 0.4) is 0 Å². The summed E-state index contributed by atoms with van der Waals surface area (Å²) < 4.78 is 15.3. The van der Waals surface area contributed by atoms with E-state index in [0.29, 0.717) is 5.75 Å². The molecule has 0 atom stereocenters. The van der Waals surface area contributed by atoms with Crippen molar-refractivity contribution in [2.75, 3.05) is 0 Å². The van der Waals surface area contributed by atoms with E-state index < -0.39 is 0 Å². The molecule has 5 heteroatoms. The molecule has 1 heterocycles. The van der Waals surface area contributed by atoms with E-state index >= 15 is 0 Å². The zero-order chi connectivity index (χ0) is 16.4. The molecule has 0 unspecified atom stereocenters. The van der Waals surface area contributed by atoms with Gasteiger partial charge in [-0.05, 0) is 61.7 Å². The van der Waals surface area contributed by atoms with Gasteiger partial charge in [0, 0.05) is 11.4 Å². The fraction of sp³-hybridized carbons (Fsp3) is 0.222. The van der Waals surface area contributed by atoms with E-state index in [1.165, 1.54) is 17.2 Å². The molecule has 0 bridgehead atoms. The molecule has 0 aliphatic rings. The first-order valence-electron chi connectivity index (χ1n) is 7.41. The minimum Gasteiger partial charge on any atom is -0.274 e. The first kappa shape index (κ1) is 15.7. The normalized spacial score (nSPS) is 11.0. The molecular formula is C18H18FN3S. The molecule has 3 nitrogen and oxygen atoms in total. The van der Waals surface area contributed by atoms with Crippen molar-refractivity contribution in [3.05, 3.63) is 70.8 Å². The summed E-state index contributed by atoms with van der Waals surface area (Å²) in [6.07, 6.45) is 0. The Hall–Kier alpha value is -2.14. The van der Waals surface area contributed by atoms with Crippen LogP contribution in [0.25, 0.3) is 5.69 Å². The maximum Gasteiger partial charge on any atom is 0.196 e. The Morgan fingerprint density at radius 1 is 1.00 bits per heavy atom. The third-order valence-electron chi connectivity index (χ3n) is 3.80. The van der Waals surface area contributed by atoms with Crippen LogP contribution in [0.1, 0.15) is 22.5 Å². The molecule has 0 fully saturated rings. The number of halogens is 1. The first-order chi connectivity index (χ1) is 11.0. The van der Waals surface area contributed by atoms with Crippen LogP contribution in [0.5, 0.6) is 0 Å². The van der Waals surface area contributed by atoms with Gasteiger partial charge in [0.05, 0.1) is 0 Å². The first-order valence-corrected chi connectivity index (χ1v) is 8.40. The summed E-state index contributed by atoms with van der Waals surface area (Å²) in [7, 11) is 0. The number of hydrogen-bond acceptors (Lipinski definition) is 3. The summed E-state index contributed by atoms with van der Waals surface area (Å²) in [5.74, 6) is 1.28. The van der Waals surface area contributed by atoms with Crippen molar-refractivity contribution in [3.8, 4) is 5.69 Å². The molecular weight excluding hydrogens is 309 g/mol. The number of rotatable bonds is 4. The van der Waals surface area contributed by atoms with Crippen molar-refractivity contribution in [2.45, 2.75) is 31.7 Å². The zero-order valence-corrected chi connectivity index (χ0v) is 14.2. The summed E-state index contributed by atoms with van der Waals surface area (Å²) in [5.41, 5.74) is 4.48. The number of thioether (sulfide) groups is 1. The number of nitrogens with zero attached hydrogens (tertiary/aromatic N) is 3. The van der Waals surface area contributed by atoms with E-state index in [-0.39, 0.29) is 5.82 Å². The minimum absolute atomic E-state index is 0.213. The van der Waals surface area contributed by atoms with Gasteiger partial charge in [0.2, 0.25) is 0 Å². The molecule has 0 amide bonds. The molecule has 0 aliphatic carbocycles. The molecule has 0 spiro atoms. The molecule has 0 N–H and O–H groups in total. The SMILES string of the molecule is Cc1ccc(-n2c(C)nnc2SCc2cccc(F)c2)cc1C. The Labute approximate surface area is 139 Å². The highest BCUT2D eigenvalue weighted by Gasteiger charge is 2.12. The Kier molecular flexibility index (Phi) is 4.48. The van der Waals surface area contributed by atoms with Crippen molar-refractivity contribution >= 4 is 11.8 Å². The van der Waals surface area contributed by atoms with Crippen molar-refractivity contribution < 1.29 is 4.39 Å². The van der Waals surface area contributed by atoms with Gasteiger partial charge >= 0.3 is 0 Å². The summed E-state index contributed by atoms with van der Waals surface area (Å²) in [5, 5.41) is 9.27. The van der Waals surface area contributed by atoms with Crippen LogP contribution in [0.2, 0.25) is 0 Å². The Bertz CT molecular complexity index is 842. The van der Waals surface area contributed by atoms with Crippen molar-refractivity contribution in [2.24, 2.45) is 0 Å². The van der Waals surface area contributed by atoms with E-state index in [9.17, 15) is 4.39 Å². The number of benzene rings is 2. The van der Waals surface area contributed by atoms with E-state index in [4.69, 9.17) is 0 Å². The maximum atomic E-state index is 13.3. The van der Waals surface area contributed by atoms with Crippen LogP contribution in [0.15, 0.2) is 47.6 Å². The average molecular weight is 327 g/mol. The Morgan fingerprint density at radius 3 is 2.57 bits per heavy atom. The second-order valence-corrected chi connectivity index (χ2v) is 6.49. The monoisotopic (exact) mass is 327 g/mol. The van der Waals surface area contributed by atoms with Crippen LogP contribution in [0.4, 0.5) is 4.39 Å². The lowest BCUT2D eigenvalue weighted by molar-refractivity contribution is 0.626. The third-order valence-corrected chi connectivity index (χ3v) is 4.80. The van der Waals surface area contributed by atoms with Crippen molar-refractivity contribution in [1.82, 2.24) is 14.8 Å². The summed E-state index contributed by atoms with van der Waals surface area (Å²) in [6, 6.07) is 13.0. The van der Waals surface area contributed by atoms with Crippen LogP contribution >= 0.6 is 11.8 Å². The third kappa shape index (κ3) is 3.45. The molecule has 0 radical (unpaired) electrons. The van der Waals surface area contributed by atoms with Crippen molar-refractivity contribution in [3.63, 3.8) is 0 Å². The number of aryl methyl sites for hydroxylation is 3. The Morgan fingerprint density at radius 2 is 1.83 bits per heavy atom. The molecule has 0 saturated carbocycles. The Balaban J connectivity index is 1.88. The van der Waals surface area contributed by atoms with Gasteiger partial charge in [-0.1, -0.05) is 30.0 Å². The molecule has 1 aromatic heterocycles. The van der Waals surface area contributed by atoms with Gasteiger partial charge in [-0.15, -0.1) is 10.2 Å². The van der Waals surface area contributed by atoms with Gasteiger partial charge in [0.25, 0.3) is 0 Å². The number of hydrogen-bond donors (Lipinski definition) is 0. The number of aromatic nitrogens is 3. The van der Waals surface area contributed by atoms with E-state index in [1.54, 1.807) is 23.9 Å². The zero-order valence-electron chi connectivity index (χ0n) is 13.4. The molecule has 23 heavy (non-hydrogen) atoms.